The van der Waals surface area contributed by atoms with Crippen LogP contribution in [0.4, 0.5) is 0 Å². The fourth-order valence-corrected chi connectivity index (χ4v) is 4.43. The fraction of sp³-hybridized carbons (Fsp3) is 0.500. The molecule has 0 aromatic heterocycles. The first-order chi connectivity index (χ1) is 14.6. The number of hydrogen-bond acceptors (Lipinski definition) is 3. The summed E-state index contributed by atoms with van der Waals surface area (Å²) in [4.78, 5) is 20.1. The molecule has 30 heavy (non-hydrogen) atoms. The van der Waals surface area contributed by atoms with Gasteiger partial charge in [-0.2, -0.15) is 0 Å². The first-order valence-electron chi connectivity index (χ1n) is 11.4. The normalized spacial score (nSPS) is 16.5. The van der Waals surface area contributed by atoms with E-state index < -0.39 is 0 Å². The van der Waals surface area contributed by atoms with Crippen molar-refractivity contribution in [3.8, 4) is 0 Å². The average molecular weight is 406 g/mol. The highest BCUT2D eigenvalue weighted by molar-refractivity contribution is 5.79. The van der Waals surface area contributed by atoms with Gasteiger partial charge in [-0.25, -0.2) is 0 Å². The number of benzene rings is 2. The van der Waals surface area contributed by atoms with Gasteiger partial charge in [-0.05, 0) is 61.5 Å². The summed E-state index contributed by atoms with van der Waals surface area (Å²) in [5.41, 5.74) is 5.27. The topological polar surface area (TPSA) is 26.8 Å². The minimum absolute atomic E-state index is 0.231. The number of fused-ring (bicyclic) bond motifs is 1. The van der Waals surface area contributed by atoms with E-state index in [4.69, 9.17) is 0 Å². The molecule has 1 fully saturated rings. The van der Waals surface area contributed by atoms with Crippen LogP contribution in [0.1, 0.15) is 35.1 Å². The van der Waals surface area contributed by atoms with Gasteiger partial charge in [-0.3, -0.25) is 9.69 Å². The van der Waals surface area contributed by atoms with Gasteiger partial charge in [0.05, 0.1) is 6.42 Å². The second kappa shape index (κ2) is 9.76. The second-order valence-corrected chi connectivity index (χ2v) is 9.26. The lowest BCUT2D eigenvalue weighted by molar-refractivity contribution is -0.131. The largest absolute Gasteiger partial charge is 0.337 e. The summed E-state index contributed by atoms with van der Waals surface area (Å²) < 4.78 is 0. The van der Waals surface area contributed by atoms with E-state index in [1.807, 2.05) is 23.1 Å². The minimum atomic E-state index is 0.231. The maximum atomic E-state index is 13.3. The Kier molecular flexibility index (Phi) is 6.86. The molecule has 0 radical (unpaired) electrons. The maximum absolute atomic E-state index is 13.3. The zero-order valence-electron chi connectivity index (χ0n) is 18.5. The van der Waals surface area contributed by atoms with Gasteiger partial charge in [0.25, 0.3) is 0 Å². The first-order valence-corrected chi connectivity index (χ1v) is 11.4. The number of carbonyl (C=O) groups excluding carboxylic acids is 1. The fourth-order valence-electron chi connectivity index (χ4n) is 4.43. The number of likely N-dealkylation sites (N-methyl/N-ethyl adjacent to an activating group) is 1. The van der Waals surface area contributed by atoms with E-state index in [9.17, 15) is 4.79 Å². The molecule has 1 aliphatic carbocycles. The summed E-state index contributed by atoms with van der Waals surface area (Å²) in [7, 11) is 4.12. The van der Waals surface area contributed by atoms with Gasteiger partial charge in [0, 0.05) is 39.3 Å². The van der Waals surface area contributed by atoms with Gasteiger partial charge in [0.15, 0.2) is 0 Å². The van der Waals surface area contributed by atoms with Crippen molar-refractivity contribution in [1.29, 1.82) is 0 Å². The third-order valence-corrected chi connectivity index (χ3v) is 6.38. The highest BCUT2D eigenvalue weighted by atomic mass is 16.2. The standard InChI is InChI=1S/C26H35N3O/c1-27(2)15-16-29(19-21-7-4-3-5-8-21)26(30)17-23-9-6-10-24-20-28(14-13-25(23)24)18-22-11-12-22/h3-10,22H,11-20H2,1-2H3. The molecule has 4 heteroatoms. The Balaban J connectivity index is 1.45. The Labute approximate surface area is 181 Å². The van der Waals surface area contributed by atoms with Crippen LogP contribution in [0.25, 0.3) is 0 Å². The lowest BCUT2D eigenvalue weighted by Crippen LogP contribution is -2.37. The Morgan fingerprint density at radius 3 is 2.57 bits per heavy atom. The van der Waals surface area contributed by atoms with E-state index in [1.165, 1.54) is 41.6 Å². The number of carbonyl (C=O) groups is 1. The highest BCUT2D eigenvalue weighted by Crippen LogP contribution is 2.32. The molecule has 0 N–H and O–H groups in total. The molecule has 0 saturated heterocycles. The van der Waals surface area contributed by atoms with Crippen LogP contribution < -0.4 is 0 Å². The Bertz CT molecular complexity index is 845. The number of rotatable bonds is 9. The molecule has 1 heterocycles. The van der Waals surface area contributed by atoms with Crippen molar-refractivity contribution in [3.05, 3.63) is 70.8 Å². The van der Waals surface area contributed by atoms with Gasteiger partial charge in [-0.1, -0.05) is 48.5 Å². The van der Waals surface area contributed by atoms with Gasteiger partial charge in [0.2, 0.25) is 5.91 Å². The van der Waals surface area contributed by atoms with E-state index in [1.54, 1.807) is 0 Å². The highest BCUT2D eigenvalue weighted by Gasteiger charge is 2.27. The lowest BCUT2D eigenvalue weighted by atomic mass is 9.92. The Morgan fingerprint density at radius 2 is 1.83 bits per heavy atom. The third-order valence-electron chi connectivity index (χ3n) is 6.38. The predicted octanol–water partition coefficient (Wildman–Crippen LogP) is 3.59. The van der Waals surface area contributed by atoms with Crippen molar-refractivity contribution in [3.63, 3.8) is 0 Å². The summed E-state index contributed by atoms with van der Waals surface area (Å²) in [6.07, 6.45) is 4.39. The van der Waals surface area contributed by atoms with Crippen LogP contribution in [0, 0.1) is 5.92 Å². The van der Waals surface area contributed by atoms with Crippen molar-refractivity contribution < 1.29 is 4.79 Å². The molecule has 0 bridgehead atoms. The van der Waals surface area contributed by atoms with Crippen molar-refractivity contribution in [1.82, 2.24) is 14.7 Å². The average Bonchev–Trinajstić information content (AvgIpc) is 3.55. The number of amides is 1. The summed E-state index contributed by atoms with van der Waals surface area (Å²) >= 11 is 0. The molecular formula is C26H35N3O. The monoisotopic (exact) mass is 405 g/mol. The minimum Gasteiger partial charge on any atom is -0.337 e. The Morgan fingerprint density at radius 1 is 1.03 bits per heavy atom. The van der Waals surface area contributed by atoms with Crippen molar-refractivity contribution in [2.24, 2.45) is 5.92 Å². The molecule has 1 aliphatic heterocycles. The number of nitrogens with zero attached hydrogens (tertiary/aromatic N) is 3. The molecule has 4 rings (SSSR count). The van der Waals surface area contributed by atoms with Gasteiger partial charge < -0.3 is 9.80 Å². The molecule has 4 nitrogen and oxygen atoms in total. The molecule has 1 amide bonds. The van der Waals surface area contributed by atoms with Crippen LogP contribution in [0.2, 0.25) is 0 Å². The molecule has 160 valence electrons. The molecule has 1 saturated carbocycles. The SMILES string of the molecule is CN(C)CCN(Cc1ccccc1)C(=O)Cc1cccc2c1CCN(CC1CC1)C2. The lowest BCUT2D eigenvalue weighted by Gasteiger charge is -2.31. The maximum Gasteiger partial charge on any atom is 0.227 e. The van der Waals surface area contributed by atoms with Crippen LogP contribution in [0.5, 0.6) is 0 Å². The van der Waals surface area contributed by atoms with E-state index in [-0.39, 0.29) is 5.91 Å². The van der Waals surface area contributed by atoms with Crippen LogP contribution in [0.3, 0.4) is 0 Å². The van der Waals surface area contributed by atoms with Gasteiger partial charge in [0.1, 0.15) is 0 Å². The van der Waals surface area contributed by atoms with E-state index >= 15 is 0 Å². The van der Waals surface area contributed by atoms with Crippen LogP contribution in [-0.4, -0.2) is 60.9 Å². The van der Waals surface area contributed by atoms with Gasteiger partial charge in [-0.15, -0.1) is 0 Å². The molecule has 2 aliphatic rings. The zero-order valence-corrected chi connectivity index (χ0v) is 18.5. The first kappa shape index (κ1) is 21.1. The predicted molar refractivity (Wildman–Crippen MR) is 122 cm³/mol. The summed E-state index contributed by atoms with van der Waals surface area (Å²) in [5, 5.41) is 0. The van der Waals surface area contributed by atoms with E-state index in [2.05, 4.69) is 54.2 Å². The van der Waals surface area contributed by atoms with Crippen LogP contribution in [-0.2, 0) is 30.7 Å². The molecule has 2 aromatic rings. The van der Waals surface area contributed by atoms with Crippen molar-refractivity contribution >= 4 is 5.91 Å². The van der Waals surface area contributed by atoms with Crippen LogP contribution >= 0.6 is 0 Å². The molecule has 0 spiro atoms. The second-order valence-electron chi connectivity index (χ2n) is 9.26. The molecular weight excluding hydrogens is 370 g/mol. The smallest absolute Gasteiger partial charge is 0.227 e. The zero-order chi connectivity index (χ0) is 20.9. The van der Waals surface area contributed by atoms with Crippen LogP contribution in [0.15, 0.2) is 48.5 Å². The summed E-state index contributed by atoms with van der Waals surface area (Å²) in [6.45, 7) is 5.73. The van der Waals surface area contributed by atoms with Crippen molar-refractivity contribution in [2.45, 2.75) is 38.8 Å². The Hall–Kier alpha value is -2.17. The third kappa shape index (κ3) is 5.71. The number of hydrogen-bond donors (Lipinski definition) is 0. The molecule has 0 unspecified atom stereocenters. The van der Waals surface area contributed by atoms with E-state index in [0.29, 0.717) is 13.0 Å². The quantitative estimate of drug-likeness (QED) is 0.638. The summed E-state index contributed by atoms with van der Waals surface area (Å²) in [5.74, 6) is 1.16. The van der Waals surface area contributed by atoms with E-state index in [0.717, 1.165) is 38.5 Å². The summed E-state index contributed by atoms with van der Waals surface area (Å²) in [6, 6.07) is 16.9. The molecule has 2 aromatic carbocycles. The van der Waals surface area contributed by atoms with Crippen molar-refractivity contribution in [2.75, 3.05) is 40.3 Å². The van der Waals surface area contributed by atoms with Gasteiger partial charge >= 0.3 is 0 Å². The molecule has 0 atom stereocenters.